The van der Waals surface area contributed by atoms with Crippen LogP contribution in [0.3, 0.4) is 0 Å². The van der Waals surface area contributed by atoms with Gasteiger partial charge in [0.25, 0.3) is 17.4 Å². The molecule has 0 aliphatic carbocycles. The number of rotatable bonds is 7. The summed E-state index contributed by atoms with van der Waals surface area (Å²) < 4.78 is 12.0. The predicted octanol–water partition coefficient (Wildman–Crippen LogP) is 4.77. The molecule has 1 fully saturated rings. The first kappa shape index (κ1) is 28.7. The highest BCUT2D eigenvalue weighted by Gasteiger charge is 2.35. The van der Waals surface area contributed by atoms with E-state index >= 15 is 0 Å². The van der Waals surface area contributed by atoms with E-state index in [1.54, 1.807) is 79.9 Å². The largest absolute Gasteiger partial charge is 0.497 e. The lowest BCUT2D eigenvalue weighted by molar-refractivity contribution is 0.0601. The van der Waals surface area contributed by atoms with Crippen LogP contribution in [0.2, 0.25) is 0 Å². The third-order valence-electron chi connectivity index (χ3n) is 8.26. The van der Waals surface area contributed by atoms with Crippen LogP contribution in [-0.4, -0.2) is 49.7 Å². The number of hydrogen-bond acceptors (Lipinski definition) is 7. The van der Waals surface area contributed by atoms with Crippen LogP contribution in [0.5, 0.6) is 5.75 Å². The third-order valence-corrected chi connectivity index (χ3v) is 8.26. The number of carbonyl (C=O) groups excluding carboxylic acids is 3. The van der Waals surface area contributed by atoms with Gasteiger partial charge in [0.2, 0.25) is 0 Å². The number of ether oxygens (including phenoxy) is 2. The van der Waals surface area contributed by atoms with E-state index in [0.29, 0.717) is 47.9 Å². The van der Waals surface area contributed by atoms with Gasteiger partial charge in [0, 0.05) is 48.4 Å². The number of fused-ring (bicyclic) bond motifs is 4. The fourth-order valence-corrected chi connectivity index (χ4v) is 6.16. The smallest absolute Gasteiger partial charge is 0.339 e. The summed E-state index contributed by atoms with van der Waals surface area (Å²) >= 11 is 0. The Balaban J connectivity index is 1.33. The van der Waals surface area contributed by atoms with Crippen molar-refractivity contribution >= 4 is 34.8 Å². The van der Waals surface area contributed by atoms with Crippen molar-refractivity contribution in [3.63, 3.8) is 0 Å². The van der Waals surface area contributed by atoms with Gasteiger partial charge in [-0.15, -0.1) is 0 Å². The number of amides is 2. The maximum absolute atomic E-state index is 13.4. The molecule has 2 aliphatic rings. The second-order valence-electron chi connectivity index (χ2n) is 11.0. The number of piperidine rings is 1. The molecule has 0 radical (unpaired) electrons. The lowest BCUT2D eigenvalue weighted by Crippen LogP contribution is -2.47. The lowest BCUT2D eigenvalue weighted by atomic mass is 9.83. The van der Waals surface area contributed by atoms with Crippen LogP contribution < -0.4 is 25.8 Å². The highest BCUT2D eigenvalue weighted by molar-refractivity contribution is 6.10. The first-order chi connectivity index (χ1) is 21.3. The van der Waals surface area contributed by atoms with Crippen LogP contribution in [0.1, 0.15) is 49.1 Å². The SMILES string of the molecule is COC(=O)c1ccccc1NC(=O)c1ccc(N2CC3CC(C2)c2cccc(=O)n2C3)c(NC(=O)c2ccc(OC)cc2)c1. The molecular weight excluding hydrogens is 560 g/mol. The fourth-order valence-electron chi connectivity index (χ4n) is 6.16. The molecule has 1 aromatic heterocycles. The molecule has 10 heteroatoms. The Morgan fingerprint density at radius 1 is 0.773 bits per heavy atom. The van der Waals surface area contributed by atoms with E-state index < -0.39 is 11.9 Å². The Bertz CT molecular complexity index is 1800. The molecule has 1 saturated heterocycles. The van der Waals surface area contributed by atoms with Crippen molar-refractivity contribution in [2.75, 3.05) is 42.8 Å². The van der Waals surface area contributed by atoms with Gasteiger partial charge in [-0.2, -0.15) is 0 Å². The molecule has 6 rings (SSSR count). The van der Waals surface area contributed by atoms with E-state index in [2.05, 4.69) is 15.5 Å². The number of aromatic nitrogens is 1. The fraction of sp³-hybridized carbons (Fsp3) is 0.235. The second-order valence-corrected chi connectivity index (χ2v) is 11.0. The molecule has 10 nitrogen and oxygen atoms in total. The maximum Gasteiger partial charge on any atom is 0.339 e. The van der Waals surface area contributed by atoms with Crippen LogP contribution >= 0.6 is 0 Å². The standard InChI is InChI=1S/C34H32N4O6/c1-43-25-13-10-22(11-14-25)32(40)36-28-17-23(33(41)35-27-7-4-3-6-26(27)34(42)44-2)12-15-30(28)37-18-21-16-24(20-37)29-8-5-9-31(39)38(29)19-21/h3-15,17,21,24H,16,18-20H2,1-2H3,(H,35,41)(H,36,40). The van der Waals surface area contributed by atoms with Gasteiger partial charge in [-0.3, -0.25) is 14.4 Å². The van der Waals surface area contributed by atoms with Crippen molar-refractivity contribution in [3.8, 4) is 5.75 Å². The number of hydrogen-bond donors (Lipinski definition) is 2. The Morgan fingerprint density at radius 2 is 1.50 bits per heavy atom. The van der Waals surface area contributed by atoms with Gasteiger partial charge in [-0.25, -0.2) is 4.79 Å². The molecule has 2 atom stereocenters. The molecule has 2 N–H and O–H groups in total. The van der Waals surface area contributed by atoms with Crippen molar-refractivity contribution in [1.29, 1.82) is 0 Å². The van der Waals surface area contributed by atoms with E-state index in [9.17, 15) is 19.2 Å². The molecule has 3 heterocycles. The molecule has 2 aliphatic heterocycles. The summed E-state index contributed by atoms with van der Waals surface area (Å²) in [7, 11) is 2.84. The number of anilines is 3. The van der Waals surface area contributed by atoms with Gasteiger partial charge in [0.15, 0.2) is 0 Å². The number of pyridine rings is 1. The summed E-state index contributed by atoms with van der Waals surface area (Å²) in [5, 5.41) is 5.82. The van der Waals surface area contributed by atoms with Gasteiger partial charge < -0.3 is 29.6 Å². The van der Waals surface area contributed by atoms with Gasteiger partial charge in [-0.1, -0.05) is 18.2 Å². The van der Waals surface area contributed by atoms with E-state index in [1.807, 2.05) is 16.7 Å². The Hall–Kier alpha value is -5.38. The molecule has 2 bridgehead atoms. The summed E-state index contributed by atoms with van der Waals surface area (Å²) in [5.41, 5.74) is 3.56. The van der Waals surface area contributed by atoms with Crippen LogP contribution in [0.15, 0.2) is 89.7 Å². The number of esters is 1. The van der Waals surface area contributed by atoms with Gasteiger partial charge in [0.1, 0.15) is 5.75 Å². The maximum atomic E-state index is 13.4. The number of carbonyl (C=O) groups is 3. The highest BCUT2D eigenvalue weighted by atomic mass is 16.5. The van der Waals surface area contributed by atoms with Gasteiger partial charge in [0.05, 0.1) is 36.8 Å². The number of benzene rings is 3. The average molecular weight is 593 g/mol. The first-order valence-electron chi connectivity index (χ1n) is 14.4. The van der Waals surface area contributed by atoms with Crippen LogP contribution in [-0.2, 0) is 11.3 Å². The Kier molecular flexibility index (Phi) is 7.89. The molecule has 3 aromatic carbocycles. The van der Waals surface area contributed by atoms with Crippen LogP contribution in [0, 0.1) is 5.92 Å². The van der Waals surface area contributed by atoms with Crippen molar-refractivity contribution in [3.05, 3.63) is 118 Å². The van der Waals surface area contributed by atoms with Gasteiger partial charge >= 0.3 is 5.97 Å². The van der Waals surface area contributed by atoms with Crippen molar-refractivity contribution < 1.29 is 23.9 Å². The second kappa shape index (κ2) is 12.1. The third kappa shape index (κ3) is 5.66. The lowest BCUT2D eigenvalue weighted by Gasteiger charge is -2.44. The zero-order chi connectivity index (χ0) is 30.8. The predicted molar refractivity (Wildman–Crippen MR) is 167 cm³/mol. The van der Waals surface area contributed by atoms with Gasteiger partial charge in [-0.05, 0) is 73.0 Å². The Morgan fingerprint density at radius 3 is 2.27 bits per heavy atom. The zero-order valence-corrected chi connectivity index (χ0v) is 24.4. The molecule has 2 unspecified atom stereocenters. The number of para-hydroxylation sites is 1. The quantitative estimate of drug-likeness (QED) is 0.297. The average Bonchev–Trinajstić information content (AvgIpc) is 3.05. The van der Waals surface area contributed by atoms with Crippen molar-refractivity contribution in [2.24, 2.45) is 5.92 Å². The van der Waals surface area contributed by atoms with Crippen LogP contribution in [0.4, 0.5) is 17.1 Å². The monoisotopic (exact) mass is 592 g/mol. The molecular formula is C34H32N4O6. The molecule has 0 saturated carbocycles. The molecule has 44 heavy (non-hydrogen) atoms. The molecule has 224 valence electrons. The van der Waals surface area contributed by atoms with Crippen molar-refractivity contribution in [2.45, 2.75) is 18.9 Å². The minimum Gasteiger partial charge on any atom is -0.497 e. The summed E-state index contributed by atoms with van der Waals surface area (Å²) in [6.45, 7) is 1.99. The molecule has 4 aromatic rings. The minimum atomic E-state index is -0.567. The van der Waals surface area contributed by atoms with E-state index in [-0.39, 0.29) is 28.9 Å². The zero-order valence-electron chi connectivity index (χ0n) is 24.4. The van der Waals surface area contributed by atoms with E-state index in [0.717, 1.165) is 17.8 Å². The number of nitrogens with one attached hydrogen (secondary N) is 2. The number of methoxy groups -OCH3 is 2. The number of nitrogens with zero attached hydrogens (tertiary/aromatic N) is 2. The summed E-state index contributed by atoms with van der Waals surface area (Å²) in [6, 6.07) is 24.0. The summed E-state index contributed by atoms with van der Waals surface area (Å²) in [5.74, 6) is -0.313. The summed E-state index contributed by atoms with van der Waals surface area (Å²) in [4.78, 5) is 53.8. The van der Waals surface area contributed by atoms with Crippen LogP contribution in [0.25, 0.3) is 0 Å². The molecule has 0 spiro atoms. The van der Waals surface area contributed by atoms with Crippen molar-refractivity contribution in [1.82, 2.24) is 4.57 Å². The Labute approximate surface area is 254 Å². The molecule has 2 amide bonds. The van der Waals surface area contributed by atoms with E-state index in [1.165, 1.54) is 7.11 Å². The topological polar surface area (TPSA) is 119 Å². The minimum absolute atomic E-state index is 0.0160. The normalized spacial score (nSPS) is 16.8. The summed E-state index contributed by atoms with van der Waals surface area (Å²) in [6.07, 6.45) is 0.980. The highest BCUT2D eigenvalue weighted by Crippen LogP contribution is 2.39. The van der Waals surface area contributed by atoms with E-state index in [4.69, 9.17) is 9.47 Å². The first-order valence-corrected chi connectivity index (χ1v) is 14.4.